The van der Waals surface area contributed by atoms with Crippen molar-refractivity contribution in [3.05, 3.63) is 212 Å². The topological polar surface area (TPSA) is 61.7 Å². The van der Waals surface area contributed by atoms with Crippen molar-refractivity contribution >= 4 is 65.6 Å². The minimum absolute atomic E-state index is 0.571. The van der Waals surface area contributed by atoms with E-state index in [1.54, 1.807) is 0 Å². The van der Waals surface area contributed by atoms with Gasteiger partial charge in [0, 0.05) is 60.4 Å². The van der Waals surface area contributed by atoms with E-state index in [9.17, 15) is 0 Å². The van der Waals surface area contributed by atoms with Gasteiger partial charge in [-0.25, -0.2) is 15.0 Å². The zero-order valence-corrected chi connectivity index (χ0v) is 33.9. The lowest BCUT2D eigenvalue weighted by molar-refractivity contribution is 0.669. The van der Waals surface area contributed by atoms with Gasteiger partial charge in [0.05, 0.1) is 22.1 Å². The molecule has 4 heterocycles. The average Bonchev–Trinajstić information content (AvgIpc) is 4.01. The third kappa shape index (κ3) is 5.69. The minimum atomic E-state index is 0.571. The Kier molecular flexibility index (Phi) is 7.80. The highest BCUT2D eigenvalue weighted by Gasteiger charge is 2.20. The van der Waals surface area contributed by atoms with Gasteiger partial charge in [-0.3, -0.25) is 0 Å². The van der Waals surface area contributed by atoms with Gasteiger partial charge in [-0.15, -0.1) is 0 Å². The van der Waals surface area contributed by atoms with Crippen LogP contribution >= 0.6 is 0 Å². The van der Waals surface area contributed by atoms with E-state index in [0.717, 1.165) is 72.2 Å². The first-order valence-electron chi connectivity index (χ1n) is 21.2. The standard InChI is InChI=1S/C57H35N5O/c1-3-15-36(16-4-1)37-17-13-18-38(31-37)55-58-56(60-57(59-55)40-29-30-46-45-25-9-12-28-53(45)63-54(46)33-40)39-19-14-22-42(32-39)62-50-27-11-8-24-44(50)48-34-51-47(35-52(48)62)43-23-7-10-26-49(43)61(51)41-20-5-2-6-21-41/h1-35H. The average molecular weight is 806 g/mol. The van der Waals surface area contributed by atoms with Crippen LogP contribution in [0.25, 0.3) is 122 Å². The zero-order valence-electron chi connectivity index (χ0n) is 33.9. The van der Waals surface area contributed by atoms with E-state index in [1.807, 2.05) is 30.3 Å². The molecule has 0 aliphatic rings. The summed E-state index contributed by atoms with van der Waals surface area (Å²) in [5, 5.41) is 6.93. The summed E-state index contributed by atoms with van der Waals surface area (Å²) in [7, 11) is 0. The van der Waals surface area contributed by atoms with Crippen LogP contribution in [0.4, 0.5) is 0 Å². The zero-order chi connectivity index (χ0) is 41.4. The monoisotopic (exact) mass is 805 g/mol. The molecule has 4 aromatic heterocycles. The van der Waals surface area contributed by atoms with Crippen molar-refractivity contribution in [3.63, 3.8) is 0 Å². The SMILES string of the molecule is c1ccc(-c2cccc(-c3nc(-c4cccc(-n5c6ccccc6c6cc7c(cc65)c5ccccc5n7-c5ccccc5)c4)nc(-c4ccc5c(c4)oc4ccccc45)n3)c2)cc1. The van der Waals surface area contributed by atoms with Gasteiger partial charge in [0.15, 0.2) is 17.5 Å². The molecule has 13 rings (SSSR count). The Balaban J connectivity index is 1.01. The number of fused-ring (bicyclic) bond motifs is 9. The number of hydrogen-bond acceptors (Lipinski definition) is 4. The van der Waals surface area contributed by atoms with E-state index in [2.05, 4.69) is 191 Å². The van der Waals surface area contributed by atoms with Crippen LogP contribution in [0.15, 0.2) is 217 Å². The predicted octanol–water partition coefficient (Wildman–Crippen LogP) is 14.6. The molecule has 6 nitrogen and oxygen atoms in total. The van der Waals surface area contributed by atoms with Gasteiger partial charge < -0.3 is 13.6 Å². The first kappa shape index (κ1) is 35.2. The van der Waals surface area contributed by atoms with Crippen LogP contribution in [0.5, 0.6) is 0 Å². The fourth-order valence-electron chi connectivity index (χ4n) is 9.44. The van der Waals surface area contributed by atoms with Crippen molar-refractivity contribution in [2.75, 3.05) is 0 Å². The third-order valence-corrected chi connectivity index (χ3v) is 12.3. The number of aromatic nitrogens is 5. The highest BCUT2D eigenvalue weighted by Crippen LogP contribution is 2.40. The van der Waals surface area contributed by atoms with Crippen LogP contribution in [0, 0.1) is 0 Å². The first-order valence-corrected chi connectivity index (χ1v) is 21.2. The van der Waals surface area contributed by atoms with E-state index >= 15 is 0 Å². The number of furan rings is 1. The van der Waals surface area contributed by atoms with Gasteiger partial charge in [-0.05, 0) is 83.9 Å². The van der Waals surface area contributed by atoms with Gasteiger partial charge in [0.2, 0.25) is 0 Å². The van der Waals surface area contributed by atoms with E-state index in [0.29, 0.717) is 17.5 Å². The van der Waals surface area contributed by atoms with E-state index in [1.165, 1.54) is 32.6 Å². The molecule has 0 N–H and O–H groups in total. The highest BCUT2D eigenvalue weighted by molar-refractivity contribution is 6.19. The lowest BCUT2D eigenvalue weighted by Crippen LogP contribution is -2.01. The van der Waals surface area contributed by atoms with Gasteiger partial charge in [0.25, 0.3) is 0 Å². The molecule has 0 aliphatic carbocycles. The number of hydrogen-bond donors (Lipinski definition) is 0. The van der Waals surface area contributed by atoms with Crippen molar-refractivity contribution in [3.8, 4) is 56.7 Å². The summed E-state index contributed by atoms with van der Waals surface area (Å²) in [6.07, 6.45) is 0. The van der Waals surface area contributed by atoms with Crippen molar-refractivity contribution < 1.29 is 4.42 Å². The Labute approximate surface area is 361 Å². The Bertz CT molecular complexity index is 3920. The molecular formula is C57H35N5O. The molecule has 6 heteroatoms. The summed E-state index contributed by atoms with van der Waals surface area (Å²) in [6, 6.07) is 74.5. The molecule has 0 bridgehead atoms. The van der Waals surface area contributed by atoms with Crippen LogP contribution in [-0.4, -0.2) is 24.1 Å². The fourth-order valence-corrected chi connectivity index (χ4v) is 9.44. The number of para-hydroxylation sites is 4. The molecule has 0 fully saturated rings. The molecule has 63 heavy (non-hydrogen) atoms. The Morgan fingerprint density at radius 2 is 0.746 bits per heavy atom. The molecule has 13 aromatic rings. The van der Waals surface area contributed by atoms with Crippen molar-refractivity contribution in [2.24, 2.45) is 0 Å². The van der Waals surface area contributed by atoms with Crippen LogP contribution in [0.2, 0.25) is 0 Å². The van der Waals surface area contributed by atoms with Gasteiger partial charge in [-0.1, -0.05) is 140 Å². The lowest BCUT2D eigenvalue weighted by atomic mass is 10.0. The number of nitrogens with zero attached hydrogens (tertiary/aromatic N) is 5. The summed E-state index contributed by atoms with van der Waals surface area (Å²) in [4.78, 5) is 15.6. The molecule has 0 saturated heterocycles. The lowest BCUT2D eigenvalue weighted by Gasteiger charge is -2.12. The molecule has 0 radical (unpaired) electrons. The molecule has 0 saturated carbocycles. The quantitative estimate of drug-likeness (QED) is 0.168. The van der Waals surface area contributed by atoms with Crippen LogP contribution < -0.4 is 0 Å². The van der Waals surface area contributed by atoms with E-state index in [-0.39, 0.29) is 0 Å². The molecular weight excluding hydrogens is 771 g/mol. The van der Waals surface area contributed by atoms with Crippen molar-refractivity contribution in [2.45, 2.75) is 0 Å². The van der Waals surface area contributed by atoms with Gasteiger partial charge in [-0.2, -0.15) is 0 Å². The van der Waals surface area contributed by atoms with Crippen LogP contribution in [0.1, 0.15) is 0 Å². The molecule has 294 valence electrons. The predicted molar refractivity (Wildman–Crippen MR) is 258 cm³/mol. The Hall–Kier alpha value is -8.61. The van der Waals surface area contributed by atoms with Crippen molar-refractivity contribution in [1.82, 2.24) is 24.1 Å². The Morgan fingerprint density at radius 3 is 1.43 bits per heavy atom. The first-order chi connectivity index (χ1) is 31.2. The molecule has 0 spiro atoms. The second-order valence-corrected chi connectivity index (χ2v) is 16.0. The number of benzene rings is 9. The maximum Gasteiger partial charge on any atom is 0.164 e. The van der Waals surface area contributed by atoms with Gasteiger partial charge >= 0.3 is 0 Å². The minimum Gasteiger partial charge on any atom is -0.456 e. The molecule has 0 amide bonds. The second-order valence-electron chi connectivity index (χ2n) is 16.0. The molecule has 0 unspecified atom stereocenters. The smallest absolute Gasteiger partial charge is 0.164 e. The second kappa shape index (κ2) is 14.0. The Morgan fingerprint density at radius 1 is 0.270 bits per heavy atom. The summed E-state index contributed by atoms with van der Waals surface area (Å²) in [6.45, 7) is 0. The highest BCUT2D eigenvalue weighted by atomic mass is 16.3. The molecule has 9 aromatic carbocycles. The summed E-state index contributed by atoms with van der Waals surface area (Å²) in [5.74, 6) is 1.75. The van der Waals surface area contributed by atoms with E-state index in [4.69, 9.17) is 19.4 Å². The number of rotatable bonds is 6. The summed E-state index contributed by atoms with van der Waals surface area (Å²) >= 11 is 0. The fraction of sp³-hybridized carbons (Fsp3) is 0. The summed E-state index contributed by atoms with van der Waals surface area (Å²) < 4.78 is 11.1. The maximum atomic E-state index is 6.34. The maximum absolute atomic E-state index is 6.34. The molecule has 0 atom stereocenters. The van der Waals surface area contributed by atoms with Crippen molar-refractivity contribution in [1.29, 1.82) is 0 Å². The molecule has 0 aliphatic heterocycles. The van der Waals surface area contributed by atoms with Crippen LogP contribution in [0.3, 0.4) is 0 Å². The third-order valence-electron chi connectivity index (χ3n) is 12.3. The van der Waals surface area contributed by atoms with Gasteiger partial charge in [0.1, 0.15) is 11.2 Å². The van der Waals surface area contributed by atoms with E-state index < -0.39 is 0 Å². The largest absolute Gasteiger partial charge is 0.456 e. The normalized spacial score (nSPS) is 11.8. The van der Waals surface area contributed by atoms with Crippen LogP contribution in [-0.2, 0) is 0 Å². The summed E-state index contributed by atoms with van der Waals surface area (Å²) in [5.41, 5.74) is 13.3.